The summed E-state index contributed by atoms with van der Waals surface area (Å²) in [6.45, 7) is -0.0884. The molecule has 0 aliphatic heterocycles. The van der Waals surface area contributed by atoms with Gasteiger partial charge in [-0.3, -0.25) is 19.9 Å². The van der Waals surface area contributed by atoms with Gasteiger partial charge in [0.15, 0.2) is 5.82 Å². The molecule has 1 aliphatic carbocycles. The number of benzene rings is 2. The van der Waals surface area contributed by atoms with Crippen molar-refractivity contribution in [1.29, 1.82) is 0 Å². The van der Waals surface area contributed by atoms with E-state index in [4.69, 9.17) is 4.98 Å². The van der Waals surface area contributed by atoms with Gasteiger partial charge in [-0.05, 0) is 54.8 Å². The predicted molar refractivity (Wildman–Crippen MR) is 174 cm³/mol. The SMILES string of the molecule is CS(=O)(=O)NCc1cc(F)cc(-c2nccc3[nH]c(-c4n[nH]c5cc(F)c(-c6cncc(NC(=O)C7CCCCC7)c6)cc45)nc23)c1. The van der Waals surface area contributed by atoms with E-state index in [-0.39, 0.29) is 23.9 Å². The summed E-state index contributed by atoms with van der Waals surface area (Å²) in [7, 11) is -3.48. The standard InChI is InChI=1S/C33H30F2N8O3S/c1-47(45,46)38-15-18-9-20(11-22(34)10-18)29-31-27(7-8-37-29)40-32(41-31)30-25-13-24(26(35)14-28(25)42-43-30)21-12-23(17-36-16-21)39-33(44)19-5-3-2-4-6-19/h7-14,16-17,19,38H,2-6,15H2,1H3,(H,39,44)(H,40,41)(H,42,43). The monoisotopic (exact) mass is 656 g/mol. The number of H-pyrrole nitrogens is 2. The van der Waals surface area contributed by atoms with Crippen molar-refractivity contribution in [1.82, 2.24) is 34.9 Å². The first-order valence-electron chi connectivity index (χ1n) is 15.1. The Kier molecular flexibility index (Phi) is 7.98. The molecule has 2 aromatic carbocycles. The molecule has 1 aliphatic rings. The van der Waals surface area contributed by atoms with Crippen LogP contribution in [-0.4, -0.2) is 50.7 Å². The van der Waals surface area contributed by atoms with Gasteiger partial charge in [0.1, 0.15) is 22.8 Å². The largest absolute Gasteiger partial charge is 0.336 e. The number of aromatic amines is 2. The van der Waals surface area contributed by atoms with Gasteiger partial charge < -0.3 is 10.3 Å². The minimum Gasteiger partial charge on any atom is -0.336 e. The van der Waals surface area contributed by atoms with Gasteiger partial charge in [-0.25, -0.2) is 26.9 Å². The second-order valence-electron chi connectivity index (χ2n) is 11.8. The number of nitrogens with zero attached hydrogens (tertiary/aromatic N) is 4. The summed E-state index contributed by atoms with van der Waals surface area (Å²) in [5, 5.41) is 10.8. The van der Waals surface area contributed by atoms with E-state index in [0.717, 1.165) is 38.4 Å². The van der Waals surface area contributed by atoms with E-state index < -0.39 is 21.7 Å². The first-order valence-corrected chi connectivity index (χ1v) is 17.0. The van der Waals surface area contributed by atoms with Gasteiger partial charge >= 0.3 is 0 Å². The Morgan fingerprint density at radius 2 is 1.81 bits per heavy atom. The number of pyridine rings is 2. The molecule has 0 radical (unpaired) electrons. The van der Waals surface area contributed by atoms with Crippen LogP contribution in [0.1, 0.15) is 37.7 Å². The number of rotatable bonds is 8. The molecule has 4 heterocycles. The summed E-state index contributed by atoms with van der Waals surface area (Å²) in [5.41, 5.74) is 4.39. The molecule has 1 fully saturated rings. The van der Waals surface area contributed by atoms with Crippen LogP contribution >= 0.6 is 0 Å². The minimum absolute atomic E-state index is 0.0339. The lowest BCUT2D eigenvalue weighted by molar-refractivity contribution is -0.120. The Balaban J connectivity index is 1.23. The van der Waals surface area contributed by atoms with Gasteiger partial charge in [-0.2, -0.15) is 5.10 Å². The number of nitrogens with one attached hydrogen (secondary N) is 4. The van der Waals surface area contributed by atoms with Gasteiger partial charge in [0, 0.05) is 53.0 Å². The third-order valence-electron chi connectivity index (χ3n) is 8.34. The van der Waals surface area contributed by atoms with Crippen LogP contribution < -0.4 is 10.0 Å². The Hall–Kier alpha value is -5.08. The highest BCUT2D eigenvalue weighted by Gasteiger charge is 2.22. The molecule has 6 aromatic rings. The molecule has 11 nitrogen and oxygen atoms in total. The first kappa shape index (κ1) is 30.6. The highest BCUT2D eigenvalue weighted by molar-refractivity contribution is 7.88. The number of hydrogen-bond acceptors (Lipinski definition) is 7. The van der Waals surface area contributed by atoms with Gasteiger partial charge in [0.05, 0.1) is 34.9 Å². The van der Waals surface area contributed by atoms with E-state index in [1.165, 1.54) is 24.4 Å². The molecule has 0 bridgehead atoms. The lowest BCUT2D eigenvalue weighted by Gasteiger charge is -2.20. The van der Waals surface area contributed by atoms with Gasteiger partial charge in [-0.15, -0.1) is 0 Å². The maximum atomic E-state index is 15.4. The van der Waals surface area contributed by atoms with Crippen LogP contribution in [-0.2, 0) is 21.4 Å². The number of anilines is 1. The fourth-order valence-electron chi connectivity index (χ4n) is 6.07. The van der Waals surface area contributed by atoms with Crippen molar-refractivity contribution in [3.05, 3.63) is 78.3 Å². The summed E-state index contributed by atoms with van der Waals surface area (Å²) in [4.78, 5) is 29.5. The van der Waals surface area contributed by atoms with E-state index in [2.05, 4.69) is 35.2 Å². The average molecular weight is 657 g/mol. The van der Waals surface area contributed by atoms with Gasteiger partial charge in [0.2, 0.25) is 15.9 Å². The van der Waals surface area contributed by atoms with E-state index in [9.17, 15) is 17.6 Å². The van der Waals surface area contributed by atoms with E-state index in [1.54, 1.807) is 36.7 Å². The van der Waals surface area contributed by atoms with Crippen molar-refractivity contribution in [3.63, 3.8) is 0 Å². The quantitative estimate of drug-likeness (QED) is 0.155. The molecule has 14 heteroatoms. The number of sulfonamides is 1. The summed E-state index contributed by atoms with van der Waals surface area (Å²) < 4.78 is 55.6. The zero-order valence-electron chi connectivity index (χ0n) is 25.3. The molecule has 1 saturated carbocycles. The number of carbonyl (C=O) groups is 1. The molecular formula is C33H30F2N8O3S. The first-order chi connectivity index (χ1) is 22.6. The second kappa shape index (κ2) is 12.3. The molecule has 4 aromatic heterocycles. The summed E-state index contributed by atoms with van der Waals surface area (Å²) in [6.07, 6.45) is 10.6. The average Bonchev–Trinajstić information content (AvgIpc) is 3.67. The topological polar surface area (TPSA) is 158 Å². The molecule has 0 saturated heterocycles. The van der Waals surface area contributed by atoms with E-state index in [0.29, 0.717) is 61.5 Å². The maximum absolute atomic E-state index is 15.4. The lowest BCUT2D eigenvalue weighted by atomic mass is 9.88. The fraction of sp³-hybridized carbons (Fsp3) is 0.242. The number of halogens is 2. The molecule has 47 heavy (non-hydrogen) atoms. The molecule has 4 N–H and O–H groups in total. The Morgan fingerprint density at radius 1 is 0.979 bits per heavy atom. The molecule has 0 unspecified atom stereocenters. The van der Waals surface area contributed by atoms with Crippen molar-refractivity contribution < 1.29 is 22.0 Å². The van der Waals surface area contributed by atoms with Crippen molar-refractivity contribution in [2.24, 2.45) is 5.92 Å². The molecule has 1 amide bonds. The van der Waals surface area contributed by atoms with Crippen molar-refractivity contribution in [3.8, 4) is 33.9 Å². The second-order valence-corrected chi connectivity index (χ2v) is 13.7. The molecular weight excluding hydrogens is 626 g/mol. The molecule has 0 atom stereocenters. The lowest BCUT2D eigenvalue weighted by Crippen LogP contribution is -2.24. The van der Waals surface area contributed by atoms with Crippen molar-refractivity contribution in [2.75, 3.05) is 11.6 Å². The number of fused-ring (bicyclic) bond motifs is 2. The maximum Gasteiger partial charge on any atom is 0.227 e. The highest BCUT2D eigenvalue weighted by Crippen LogP contribution is 2.35. The number of aromatic nitrogens is 6. The minimum atomic E-state index is -3.48. The van der Waals surface area contributed by atoms with Gasteiger partial charge in [0.25, 0.3) is 0 Å². The van der Waals surface area contributed by atoms with E-state index in [1.807, 2.05) is 0 Å². The summed E-state index contributed by atoms with van der Waals surface area (Å²) >= 11 is 0. The van der Waals surface area contributed by atoms with Crippen LogP contribution in [0.2, 0.25) is 0 Å². The number of imidazole rings is 1. The Bertz CT molecular complexity index is 2260. The number of carbonyl (C=O) groups excluding carboxylic acids is 1. The van der Waals surface area contributed by atoms with Crippen LogP contribution in [0, 0.1) is 17.6 Å². The zero-order valence-corrected chi connectivity index (χ0v) is 26.1. The Morgan fingerprint density at radius 3 is 2.62 bits per heavy atom. The van der Waals surface area contributed by atoms with Crippen LogP contribution in [0.3, 0.4) is 0 Å². The highest BCUT2D eigenvalue weighted by atomic mass is 32.2. The van der Waals surface area contributed by atoms with Crippen LogP contribution in [0.15, 0.2) is 61.1 Å². The predicted octanol–water partition coefficient (Wildman–Crippen LogP) is 6.08. The fourth-order valence-corrected chi connectivity index (χ4v) is 6.50. The third kappa shape index (κ3) is 6.46. The molecule has 0 spiro atoms. The van der Waals surface area contributed by atoms with Crippen molar-refractivity contribution in [2.45, 2.75) is 38.6 Å². The van der Waals surface area contributed by atoms with E-state index >= 15 is 4.39 Å². The van der Waals surface area contributed by atoms with Crippen LogP contribution in [0.25, 0.3) is 55.8 Å². The normalized spacial score (nSPS) is 14.2. The zero-order chi connectivity index (χ0) is 32.7. The third-order valence-corrected chi connectivity index (χ3v) is 9.01. The van der Waals surface area contributed by atoms with Crippen LogP contribution in [0.4, 0.5) is 14.5 Å². The van der Waals surface area contributed by atoms with Crippen molar-refractivity contribution >= 4 is 43.6 Å². The number of hydrogen-bond donors (Lipinski definition) is 4. The molecule has 240 valence electrons. The smallest absolute Gasteiger partial charge is 0.227 e. The summed E-state index contributed by atoms with van der Waals surface area (Å²) in [5.74, 6) is -0.750. The van der Waals surface area contributed by atoms with Crippen LogP contribution in [0.5, 0.6) is 0 Å². The van der Waals surface area contributed by atoms with Gasteiger partial charge in [-0.1, -0.05) is 19.3 Å². The summed E-state index contributed by atoms with van der Waals surface area (Å²) in [6, 6.07) is 10.6. The Labute approximate surface area is 268 Å². The number of amides is 1. The molecule has 7 rings (SSSR count).